The first-order valence-corrected chi connectivity index (χ1v) is 18.9. The summed E-state index contributed by atoms with van der Waals surface area (Å²) >= 11 is 0. The molecular formula is C36H64O14. The van der Waals surface area contributed by atoms with Gasteiger partial charge in [-0.15, -0.1) is 0 Å². The van der Waals surface area contributed by atoms with Crippen molar-refractivity contribution in [3.63, 3.8) is 0 Å². The summed E-state index contributed by atoms with van der Waals surface area (Å²) in [5.74, 6) is -4.39. The lowest BCUT2D eigenvalue weighted by atomic mass is 9.97. The highest BCUT2D eigenvalue weighted by atomic mass is 16.8. The van der Waals surface area contributed by atoms with E-state index < -0.39 is 92.5 Å². The predicted octanol–water partition coefficient (Wildman–Crippen LogP) is 3.34. The molecule has 2 heterocycles. The fourth-order valence-corrected chi connectivity index (χ4v) is 6.25. The highest BCUT2D eigenvalue weighted by molar-refractivity contribution is 5.71. The average Bonchev–Trinajstić information content (AvgIpc) is 3.36. The molecule has 9 atom stereocenters. The van der Waals surface area contributed by atoms with Crippen LogP contribution in [0.1, 0.15) is 136 Å². The minimum absolute atomic E-state index is 0.00991. The normalized spacial score (nSPS) is 29.5. The van der Waals surface area contributed by atoms with E-state index in [0.717, 1.165) is 77.0 Å². The molecule has 0 unspecified atom stereocenters. The highest BCUT2D eigenvalue weighted by Crippen LogP contribution is 2.39. The van der Waals surface area contributed by atoms with Crippen LogP contribution in [0.5, 0.6) is 0 Å². The number of ether oxygens (including phenoxy) is 6. The van der Waals surface area contributed by atoms with Crippen molar-refractivity contribution in [3.05, 3.63) is 0 Å². The molecule has 50 heavy (non-hydrogen) atoms. The summed E-state index contributed by atoms with van der Waals surface area (Å²) in [6.07, 6.45) is 0.368. The van der Waals surface area contributed by atoms with E-state index in [1.54, 1.807) is 0 Å². The van der Waals surface area contributed by atoms with Gasteiger partial charge in [0.2, 0.25) is 12.1 Å². The number of carbonyl (C=O) groups excluding carboxylic acids is 3. The summed E-state index contributed by atoms with van der Waals surface area (Å²) in [6, 6.07) is 0. The van der Waals surface area contributed by atoms with Gasteiger partial charge in [0.05, 0.1) is 13.2 Å². The SMILES string of the molecule is CCCCCCCC(=O)O[C@H]1[C@@H](O[C@]2(CO)O[C@H](CO)[C@@H](O)[C@@H]2OC(=O)CCCCCCC)O[C@H](CO)[C@@H](O)[C@@H]1OC(=O)CCCCCCC. The van der Waals surface area contributed by atoms with Gasteiger partial charge in [-0.3, -0.25) is 14.4 Å². The quantitative estimate of drug-likeness (QED) is 0.0494. The molecule has 0 saturated carbocycles. The minimum atomic E-state index is -2.34. The van der Waals surface area contributed by atoms with Crippen molar-refractivity contribution in [3.8, 4) is 0 Å². The molecular weight excluding hydrogens is 656 g/mol. The van der Waals surface area contributed by atoms with Crippen LogP contribution < -0.4 is 0 Å². The van der Waals surface area contributed by atoms with Crippen LogP contribution in [-0.2, 0) is 42.8 Å². The molecule has 0 aromatic carbocycles. The molecule has 2 fully saturated rings. The van der Waals surface area contributed by atoms with Crippen molar-refractivity contribution in [2.75, 3.05) is 19.8 Å². The zero-order valence-corrected chi connectivity index (χ0v) is 30.4. The molecule has 2 aliphatic rings. The van der Waals surface area contributed by atoms with Gasteiger partial charge in [0, 0.05) is 19.3 Å². The molecule has 0 spiro atoms. The molecule has 0 aromatic heterocycles. The third-order valence-electron chi connectivity index (χ3n) is 9.24. The van der Waals surface area contributed by atoms with Gasteiger partial charge in [-0.1, -0.05) is 97.8 Å². The lowest BCUT2D eigenvalue weighted by molar-refractivity contribution is -0.384. The Kier molecular flexibility index (Phi) is 21.6. The molecule has 2 aliphatic heterocycles. The standard InChI is InChI=1S/C36H64O14/c1-4-7-10-13-16-19-27(40)46-32-30(43)25(22-37)45-35(33(32)47-28(41)20-17-14-11-8-5-2)50-36(24-39)34(31(44)26(23-38)49-36)48-29(42)21-18-15-12-9-6-3/h25-26,30-35,37-39,43-44H,4-24H2,1-3H3/t25-,26-,30-,31-,32+,33-,34+,35-,36+/m1/s1. The molecule has 5 N–H and O–H groups in total. The maximum absolute atomic E-state index is 13.1. The summed E-state index contributed by atoms with van der Waals surface area (Å²) in [4.78, 5) is 39.0. The van der Waals surface area contributed by atoms with Crippen molar-refractivity contribution >= 4 is 17.9 Å². The fraction of sp³-hybridized carbons (Fsp3) is 0.917. The second-order valence-electron chi connectivity index (χ2n) is 13.4. The number of unbranched alkanes of at least 4 members (excludes halogenated alkanes) is 12. The van der Waals surface area contributed by atoms with E-state index >= 15 is 0 Å². The van der Waals surface area contributed by atoms with Gasteiger partial charge in [-0.2, -0.15) is 0 Å². The van der Waals surface area contributed by atoms with Crippen molar-refractivity contribution < 1.29 is 68.3 Å². The van der Waals surface area contributed by atoms with E-state index in [1.807, 2.05) is 0 Å². The molecule has 0 amide bonds. The third-order valence-corrected chi connectivity index (χ3v) is 9.24. The van der Waals surface area contributed by atoms with E-state index in [1.165, 1.54) is 0 Å². The largest absolute Gasteiger partial charge is 0.455 e. The molecule has 0 aliphatic carbocycles. The van der Waals surface area contributed by atoms with Crippen LogP contribution in [0.4, 0.5) is 0 Å². The summed E-state index contributed by atoms with van der Waals surface area (Å²) < 4.78 is 34.8. The molecule has 2 rings (SSSR count). The van der Waals surface area contributed by atoms with Crippen molar-refractivity contribution in [1.82, 2.24) is 0 Å². The predicted molar refractivity (Wildman–Crippen MR) is 180 cm³/mol. The Morgan fingerprint density at radius 2 is 1.02 bits per heavy atom. The smallest absolute Gasteiger partial charge is 0.306 e. The van der Waals surface area contributed by atoms with E-state index in [2.05, 4.69) is 20.8 Å². The van der Waals surface area contributed by atoms with Crippen LogP contribution in [0.25, 0.3) is 0 Å². The van der Waals surface area contributed by atoms with E-state index in [9.17, 15) is 39.9 Å². The summed E-state index contributed by atoms with van der Waals surface area (Å²) in [7, 11) is 0. The van der Waals surface area contributed by atoms with Crippen LogP contribution in [0.15, 0.2) is 0 Å². The van der Waals surface area contributed by atoms with Gasteiger partial charge in [0.25, 0.3) is 0 Å². The second kappa shape index (κ2) is 24.4. The van der Waals surface area contributed by atoms with Crippen molar-refractivity contribution in [2.24, 2.45) is 0 Å². The Labute approximate surface area is 297 Å². The number of hydrogen-bond donors (Lipinski definition) is 5. The zero-order chi connectivity index (χ0) is 36.9. The molecule has 0 radical (unpaired) electrons. The summed E-state index contributed by atoms with van der Waals surface area (Å²) in [5.41, 5.74) is 0. The van der Waals surface area contributed by atoms with Gasteiger partial charge in [-0.25, -0.2) is 0 Å². The van der Waals surface area contributed by atoms with Crippen molar-refractivity contribution in [2.45, 2.75) is 191 Å². The number of carbonyl (C=O) groups is 3. The van der Waals surface area contributed by atoms with Gasteiger partial charge in [-0.05, 0) is 19.3 Å². The molecule has 0 bridgehead atoms. The Bertz CT molecular complexity index is 965. The Hall–Kier alpha value is -1.91. The topological polar surface area (TPSA) is 208 Å². The average molecular weight is 721 g/mol. The zero-order valence-electron chi connectivity index (χ0n) is 30.4. The maximum Gasteiger partial charge on any atom is 0.306 e. The van der Waals surface area contributed by atoms with Gasteiger partial charge in [0.1, 0.15) is 31.0 Å². The molecule has 292 valence electrons. The second-order valence-corrected chi connectivity index (χ2v) is 13.4. The first-order chi connectivity index (χ1) is 24.1. The van der Waals surface area contributed by atoms with Crippen LogP contribution >= 0.6 is 0 Å². The summed E-state index contributed by atoms with van der Waals surface area (Å²) in [5, 5.41) is 52.9. The number of aliphatic hydroxyl groups excluding tert-OH is 5. The molecule has 14 nitrogen and oxygen atoms in total. The third kappa shape index (κ3) is 13.9. The van der Waals surface area contributed by atoms with E-state index in [4.69, 9.17) is 28.4 Å². The maximum atomic E-state index is 13.1. The highest BCUT2D eigenvalue weighted by Gasteiger charge is 2.62. The first-order valence-electron chi connectivity index (χ1n) is 18.9. The van der Waals surface area contributed by atoms with Crippen LogP contribution in [0.2, 0.25) is 0 Å². The van der Waals surface area contributed by atoms with Gasteiger partial charge >= 0.3 is 17.9 Å². The summed E-state index contributed by atoms with van der Waals surface area (Å²) in [6.45, 7) is 3.73. The van der Waals surface area contributed by atoms with Crippen LogP contribution in [0, 0.1) is 0 Å². The van der Waals surface area contributed by atoms with Crippen molar-refractivity contribution in [1.29, 1.82) is 0 Å². The first kappa shape index (κ1) is 44.3. The van der Waals surface area contributed by atoms with Gasteiger partial charge in [0.15, 0.2) is 18.3 Å². The van der Waals surface area contributed by atoms with Gasteiger partial charge < -0.3 is 54.0 Å². The lowest BCUT2D eigenvalue weighted by Crippen LogP contribution is -2.64. The van der Waals surface area contributed by atoms with E-state index in [-0.39, 0.29) is 19.3 Å². The van der Waals surface area contributed by atoms with Crippen LogP contribution in [-0.4, -0.2) is 118 Å². The Balaban J connectivity index is 2.36. The monoisotopic (exact) mass is 720 g/mol. The van der Waals surface area contributed by atoms with E-state index in [0.29, 0.717) is 19.3 Å². The molecule has 2 saturated heterocycles. The number of hydrogen-bond acceptors (Lipinski definition) is 14. The van der Waals surface area contributed by atoms with Crippen LogP contribution in [0.3, 0.4) is 0 Å². The number of rotatable bonds is 26. The molecule has 14 heteroatoms. The minimum Gasteiger partial charge on any atom is -0.455 e. The number of esters is 3. The number of aliphatic hydroxyl groups is 5. The Morgan fingerprint density at radius 1 is 0.580 bits per heavy atom. The lowest BCUT2D eigenvalue weighted by Gasteiger charge is -2.45. The Morgan fingerprint density at radius 3 is 1.46 bits per heavy atom. The fourth-order valence-electron chi connectivity index (χ4n) is 6.25. The molecule has 0 aromatic rings.